The third-order valence-corrected chi connectivity index (χ3v) is 2.81. The van der Waals surface area contributed by atoms with Gasteiger partial charge in [0.05, 0.1) is 0 Å². The van der Waals surface area contributed by atoms with E-state index in [-0.39, 0.29) is 0 Å². The van der Waals surface area contributed by atoms with Crippen molar-refractivity contribution >= 4 is 0 Å². The van der Waals surface area contributed by atoms with Crippen LogP contribution in [0, 0.1) is 11.8 Å². The van der Waals surface area contributed by atoms with Crippen molar-refractivity contribution in [2.45, 2.75) is 46.6 Å². The van der Waals surface area contributed by atoms with Gasteiger partial charge in [-0.25, -0.2) is 0 Å². The van der Waals surface area contributed by atoms with Gasteiger partial charge in [-0.15, -0.1) is 10.2 Å². The van der Waals surface area contributed by atoms with Crippen LogP contribution in [0.2, 0.25) is 0 Å². The Bertz CT molecular complexity index is 304. The Labute approximate surface area is 98.2 Å². The molecule has 1 atom stereocenters. The second-order valence-corrected chi connectivity index (χ2v) is 5.18. The van der Waals surface area contributed by atoms with Crippen LogP contribution in [0.25, 0.3) is 0 Å². The molecule has 0 saturated heterocycles. The van der Waals surface area contributed by atoms with Gasteiger partial charge >= 0.3 is 0 Å². The molecule has 0 bridgehead atoms. The van der Waals surface area contributed by atoms with Crippen LogP contribution in [0.4, 0.5) is 0 Å². The molecule has 92 valence electrons. The molecule has 0 saturated carbocycles. The summed E-state index contributed by atoms with van der Waals surface area (Å²) in [6.07, 6.45) is 3.90. The summed E-state index contributed by atoms with van der Waals surface area (Å²) < 4.78 is 2.13. The summed E-state index contributed by atoms with van der Waals surface area (Å²) >= 11 is 0. The van der Waals surface area contributed by atoms with E-state index >= 15 is 0 Å². The Hall–Kier alpha value is -0.900. The Morgan fingerprint density at radius 1 is 1.31 bits per heavy atom. The molecule has 0 aliphatic carbocycles. The highest BCUT2D eigenvalue weighted by Crippen LogP contribution is 2.17. The minimum absolute atomic E-state index is 0.419. The van der Waals surface area contributed by atoms with Crippen LogP contribution < -0.4 is 5.73 Å². The van der Waals surface area contributed by atoms with E-state index in [4.69, 9.17) is 5.73 Å². The average molecular weight is 224 g/mol. The van der Waals surface area contributed by atoms with Gasteiger partial charge in [-0.3, -0.25) is 0 Å². The monoisotopic (exact) mass is 224 g/mol. The van der Waals surface area contributed by atoms with Gasteiger partial charge in [0.15, 0.2) is 0 Å². The number of aromatic nitrogens is 3. The van der Waals surface area contributed by atoms with Crippen LogP contribution in [-0.2, 0) is 6.42 Å². The maximum atomic E-state index is 5.81. The van der Waals surface area contributed by atoms with Crippen LogP contribution in [0.15, 0.2) is 6.33 Å². The number of hydrogen-bond donors (Lipinski definition) is 1. The first kappa shape index (κ1) is 13.2. The molecule has 4 nitrogen and oxygen atoms in total. The lowest BCUT2D eigenvalue weighted by Crippen LogP contribution is -2.21. The lowest BCUT2D eigenvalue weighted by atomic mass is 9.94. The summed E-state index contributed by atoms with van der Waals surface area (Å²) in [6.45, 7) is 9.48. The number of nitrogens with two attached hydrogens (primary N) is 1. The smallest absolute Gasteiger partial charge is 0.133 e. The Morgan fingerprint density at radius 2 is 2.00 bits per heavy atom. The Kier molecular flexibility index (Phi) is 4.93. The largest absolute Gasteiger partial charge is 0.330 e. The highest BCUT2D eigenvalue weighted by molar-refractivity contribution is 4.90. The lowest BCUT2D eigenvalue weighted by molar-refractivity contribution is 0.398. The van der Waals surface area contributed by atoms with E-state index in [1.165, 1.54) is 0 Å². The van der Waals surface area contributed by atoms with E-state index in [2.05, 4.69) is 42.5 Å². The molecule has 4 heteroatoms. The van der Waals surface area contributed by atoms with Crippen molar-refractivity contribution in [1.29, 1.82) is 0 Å². The first-order valence-corrected chi connectivity index (χ1v) is 6.13. The summed E-state index contributed by atoms with van der Waals surface area (Å²) in [4.78, 5) is 0. The Balaban J connectivity index is 2.66. The predicted octanol–water partition coefficient (Wildman–Crippen LogP) is 2.02. The van der Waals surface area contributed by atoms with Gasteiger partial charge in [-0.2, -0.15) is 0 Å². The molecule has 0 fully saturated rings. The quantitative estimate of drug-likeness (QED) is 0.804. The SMILES string of the molecule is CC(C)CC(CN)Cc1nncn1C(C)C. The zero-order valence-corrected chi connectivity index (χ0v) is 10.8. The fraction of sp³-hybridized carbons (Fsp3) is 0.833. The van der Waals surface area contributed by atoms with Crippen LogP contribution in [-0.4, -0.2) is 21.3 Å². The maximum Gasteiger partial charge on any atom is 0.133 e. The fourth-order valence-electron chi connectivity index (χ4n) is 2.03. The van der Waals surface area contributed by atoms with E-state index < -0.39 is 0 Å². The maximum absolute atomic E-state index is 5.81. The normalized spacial score (nSPS) is 13.7. The van der Waals surface area contributed by atoms with Crippen molar-refractivity contribution in [3.63, 3.8) is 0 Å². The van der Waals surface area contributed by atoms with Gasteiger partial charge in [-0.05, 0) is 38.6 Å². The van der Waals surface area contributed by atoms with Crippen molar-refractivity contribution in [1.82, 2.24) is 14.8 Å². The molecule has 0 amide bonds. The van der Waals surface area contributed by atoms with E-state index in [1.807, 2.05) is 6.33 Å². The molecule has 0 radical (unpaired) electrons. The minimum atomic E-state index is 0.419. The molecule has 1 aromatic heterocycles. The van der Waals surface area contributed by atoms with Crippen molar-refractivity contribution < 1.29 is 0 Å². The molecule has 16 heavy (non-hydrogen) atoms. The second-order valence-electron chi connectivity index (χ2n) is 5.18. The Morgan fingerprint density at radius 3 is 2.50 bits per heavy atom. The van der Waals surface area contributed by atoms with Crippen LogP contribution in [0.1, 0.15) is 46.0 Å². The van der Waals surface area contributed by atoms with E-state index in [9.17, 15) is 0 Å². The van der Waals surface area contributed by atoms with E-state index in [0.29, 0.717) is 17.9 Å². The van der Waals surface area contributed by atoms with Crippen molar-refractivity contribution in [3.05, 3.63) is 12.2 Å². The van der Waals surface area contributed by atoms with Crippen molar-refractivity contribution in [3.8, 4) is 0 Å². The standard InChI is InChI=1S/C12H24N4/c1-9(2)5-11(7-13)6-12-15-14-8-16(12)10(3)4/h8-11H,5-7,13H2,1-4H3. The van der Waals surface area contributed by atoms with Gasteiger partial charge in [0.2, 0.25) is 0 Å². The first-order valence-electron chi connectivity index (χ1n) is 6.13. The molecule has 0 aromatic carbocycles. The van der Waals surface area contributed by atoms with Gasteiger partial charge in [0.1, 0.15) is 12.2 Å². The molecular formula is C12H24N4. The number of hydrogen-bond acceptors (Lipinski definition) is 3. The van der Waals surface area contributed by atoms with Gasteiger partial charge in [-0.1, -0.05) is 13.8 Å². The van der Waals surface area contributed by atoms with Crippen LogP contribution >= 0.6 is 0 Å². The predicted molar refractivity (Wildman–Crippen MR) is 66.1 cm³/mol. The first-order chi connectivity index (χ1) is 7.54. The summed E-state index contributed by atoms with van der Waals surface area (Å²) in [5, 5.41) is 8.17. The topological polar surface area (TPSA) is 56.7 Å². The summed E-state index contributed by atoms with van der Waals surface area (Å²) in [6, 6.07) is 0.419. The zero-order chi connectivity index (χ0) is 12.1. The number of rotatable bonds is 6. The molecule has 0 aliphatic heterocycles. The summed E-state index contributed by atoms with van der Waals surface area (Å²) in [7, 11) is 0. The van der Waals surface area contributed by atoms with Gasteiger partial charge < -0.3 is 10.3 Å². The zero-order valence-electron chi connectivity index (χ0n) is 10.8. The number of nitrogens with zero attached hydrogens (tertiary/aromatic N) is 3. The third-order valence-electron chi connectivity index (χ3n) is 2.81. The molecule has 1 rings (SSSR count). The molecular weight excluding hydrogens is 200 g/mol. The molecule has 0 aliphatic rings. The van der Waals surface area contributed by atoms with Crippen LogP contribution in [0.3, 0.4) is 0 Å². The molecule has 1 aromatic rings. The minimum Gasteiger partial charge on any atom is -0.330 e. The summed E-state index contributed by atoms with van der Waals surface area (Å²) in [5.41, 5.74) is 5.81. The summed E-state index contributed by atoms with van der Waals surface area (Å²) in [5.74, 6) is 2.26. The van der Waals surface area contributed by atoms with Crippen LogP contribution in [0.5, 0.6) is 0 Å². The lowest BCUT2D eigenvalue weighted by Gasteiger charge is -2.18. The average Bonchev–Trinajstić information content (AvgIpc) is 2.64. The fourth-order valence-corrected chi connectivity index (χ4v) is 2.03. The molecule has 1 unspecified atom stereocenters. The molecule has 0 spiro atoms. The third kappa shape index (κ3) is 3.59. The highest BCUT2D eigenvalue weighted by Gasteiger charge is 2.15. The highest BCUT2D eigenvalue weighted by atomic mass is 15.3. The van der Waals surface area contributed by atoms with Crippen molar-refractivity contribution in [2.24, 2.45) is 17.6 Å². The second kappa shape index (κ2) is 5.99. The molecule has 1 heterocycles. The van der Waals surface area contributed by atoms with E-state index in [0.717, 1.165) is 25.2 Å². The van der Waals surface area contributed by atoms with Crippen molar-refractivity contribution in [2.75, 3.05) is 6.54 Å². The van der Waals surface area contributed by atoms with Gasteiger partial charge in [0.25, 0.3) is 0 Å². The van der Waals surface area contributed by atoms with Gasteiger partial charge in [0, 0.05) is 12.5 Å². The van der Waals surface area contributed by atoms with E-state index in [1.54, 1.807) is 0 Å². The molecule has 2 N–H and O–H groups in total.